The lowest BCUT2D eigenvalue weighted by Crippen LogP contribution is -2.32. The number of furan rings is 1. The number of fused-ring (bicyclic) bond motifs is 1. The molecular formula is C26H28N4O4S2. The molecule has 2 heterocycles. The molecule has 0 saturated heterocycles. The van der Waals surface area contributed by atoms with Crippen molar-refractivity contribution in [1.82, 2.24) is 9.29 Å². The Balaban J connectivity index is 1.67. The summed E-state index contributed by atoms with van der Waals surface area (Å²) in [5.41, 5.74) is 2.14. The van der Waals surface area contributed by atoms with Gasteiger partial charge in [-0.1, -0.05) is 31.3 Å². The summed E-state index contributed by atoms with van der Waals surface area (Å²) >= 11 is 1.35. The van der Waals surface area contributed by atoms with E-state index < -0.39 is 15.9 Å². The number of hydrogen-bond acceptors (Lipinski definition) is 7. The van der Waals surface area contributed by atoms with Gasteiger partial charge in [0.05, 0.1) is 27.6 Å². The second kappa shape index (κ2) is 11.2. The minimum Gasteiger partial charge on any atom is -0.463 e. The lowest BCUT2D eigenvalue weighted by atomic mass is 10.2. The zero-order valence-corrected chi connectivity index (χ0v) is 22.1. The summed E-state index contributed by atoms with van der Waals surface area (Å²) in [7, 11) is -3.65. The summed E-state index contributed by atoms with van der Waals surface area (Å²) in [6.45, 7) is 6.78. The van der Waals surface area contributed by atoms with E-state index in [1.54, 1.807) is 12.1 Å². The number of carbonyl (C=O) groups is 1. The van der Waals surface area contributed by atoms with Gasteiger partial charge in [-0.3, -0.25) is 4.79 Å². The summed E-state index contributed by atoms with van der Waals surface area (Å²) < 4.78 is 33.9. The van der Waals surface area contributed by atoms with Crippen LogP contribution in [0, 0.1) is 6.92 Å². The van der Waals surface area contributed by atoms with Gasteiger partial charge in [0.2, 0.25) is 15.2 Å². The van der Waals surface area contributed by atoms with Crippen molar-refractivity contribution in [2.24, 2.45) is 5.10 Å². The lowest BCUT2D eigenvalue weighted by molar-refractivity contribution is 0.0987. The first-order valence-electron chi connectivity index (χ1n) is 11.7. The number of aromatic nitrogens is 1. The number of benzene rings is 2. The molecule has 0 radical (unpaired) electrons. The molecule has 8 nitrogen and oxygen atoms in total. The quantitative estimate of drug-likeness (QED) is 0.196. The second-order valence-corrected chi connectivity index (χ2v) is 11.2. The first kappa shape index (κ1) is 25.7. The monoisotopic (exact) mass is 524 g/mol. The molecule has 0 saturated carbocycles. The molecule has 0 aliphatic carbocycles. The van der Waals surface area contributed by atoms with Crippen molar-refractivity contribution in [3.63, 3.8) is 0 Å². The number of nitrogens with zero attached hydrogens (tertiary/aromatic N) is 4. The van der Waals surface area contributed by atoms with Crippen LogP contribution in [-0.4, -0.2) is 42.9 Å². The maximum atomic E-state index is 13.5. The van der Waals surface area contributed by atoms with Crippen molar-refractivity contribution < 1.29 is 17.6 Å². The summed E-state index contributed by atoms with van der Waals surface area (Å²) in [6.07, 6.45) is 4.41. The largest absolute Gasteiger partial charge is 0.463 e. The van der Waals surface area contributed by atoms with Crippen LogP contribution in [0.2, 0.25) is 0 Å². The topological polar surface area (TPSA) is 96.1 Å². The zero-order valence-electron chi connectivity index (χ0n) is 20.4. The molecule has 2 aromatic heterocycles. The second-order valence-electron chi connectivity index (χ2n) is 8.27. The average Bonchev–Trinajstić information content (AvgIpc) is 3.53. The van der Waals surface area contributed by atoms with Gasteiger partial charge in [-0.2, -0.15) is 14.4 Å². The first-order valence-corrected chi connectivity index (χ1v) is 14.0. The van der Waals surface area contributed by atoms with Crippen LogP contribution in [0.5, 0.6) is 0 Å². The number of hydrogen-bond donors (Lipinski definition) is 0. The molecule has 188 valence electrons. The van der Waals surface area contributed by atoms with Crippen molar-refractivity contribution in [1.29, 1.82) is 0 Å². The Morgan fingerprint density at radius 3 is 2.44 bits per heavy atom. The highest BCUT2D eigenvalue weighted by atomic mass is 32.2. The molecule has 10 heteroatoms. The van der Waals surface area contributed by atoms with E-state index in [-0.39, 0.29) is 4.90 Å². The molecular weight excluding hydrogens is 496 g/mol. The van der Waals surface area contributed by atoms with E-state index in [0.29, 0.717) is 29.5 Å². The first-order chi connectivity index (χ1) is 17.3. The molecule has 0 spiro atoms. The fourth-order valence-electron chi connectivity index (χ4n) is 3.67. The highest BCUT2D eigenvalue weighted by Crippen LogP contribution is 2.31. The van der Waals surface area contributed by atoms with Gasteiger partial charge in [0, 0.05) is 18.7 Å². The van der Waals surface area contributed by atoms with E-state index in [0.717, 1.165) is 28.6 Å². The molecule has 4 rings (SSSR count). The van der Waals surface area contributed by atoms with Gasteiger partial charge in [-0.25, -0.2) is 13.4 Å². The van der Waals surface area contributed by atoms with Crippen molar-refractivity contribution in [3.8, 4) is 0 Å². The van der Waals surface area contributed by atoms with E-state index in [1.807, 2.05) is 39.0 Å². The van der Waals surface area contributed by atoms with E-state index >= 15 is 0 Å². The van der Waals surface area contributed by atoms with Crippen LogP contribution in [-0.2, 0) is 10.0 Å². The molecule has 0 fully saturated rings. The fourth-order valence-corrected chi connectivity index (χ4v) is 6.31. The van der Waals surface area contributed by atoms with Crippen LogP contribution in [0.3, 0.4) is 0 Å². The Morgan fingerprint density at radius 2 is 1.81 bits per heavy atom. The normalized spacial score (nSPS) is 12.1. The molecule has 4 aromatic rings. The van der Waals surface area contributed by atoms with Gasteiger partial charge < -0.3 is 4.42 Å². The van der Waals surface area contributed by atoms with Gasteiger partial charge in [-0.05, 0) is 73.9 Å². The highest BCUT2D eigenvalue weighted by molar-refractivity contribution is 7.89. The molecule has 0 aliphatic rings. The summed E-state index contributed by atoms with van der Waals surface area (Å²) in [5, 5.41) is 5.98. The number of rotatable bonds is 10. The predicted octanol–water partition coefficient (Wildman–Crippen LogP) is 5.69. The molecule has 0 aliphatic heterocycles. The molecule has 1 amide bonds. The van der Waals surface area contributed by atoms with Crippen molar-refractivity contribution in [2.75, 3.05) is 18.1 Å². The standard InChI is InChI=1S/C26H28N4O4S2/c1-4-14-29(15-5-2)36(32,33)22-11-9-20(10-12-22)25(31)30(27-18-21-7-6-16-34-21)26-28-23-13-8-19(3)17-24(23)35-26/h6-13,16-18H,4-5,14-15H2,1-3H3/b27-18+. The third kappa shape index (κ3) is 5.56. The predicted molar refractivity (Wildman–Crippen MR) is 143 cm³/mol. The van der Waals surface area contributed by atoms with Crippen LogP contribution >= 0.6 is 11.3 Å². The maximum absolute atomic E-state index is 13.5. The van der Waals surface area contributed by atoms with Crippen LogP contribution < -0.4 is 5.01 Å². The molecule has 2 aromatic carbocycles. The Bertz CT molecular complexity index is 1450. The summed E-state index contributed by atoms with van der Waals surface area (Å²) in [5.74, 6) is 0.0506. The SMILES string of the molecule is CCCN(CCC)S(=O)(=O)c1ccc(C(=O)N(/N=C/c2ccco2)c2nc3ccc(C)cc3s2)cc1. The van der Waals surface area contributed by atoms with Crippen molar-refractivity contribution >= 4 is 48.8 Å². The number of hydrazone groups is 1. The van der Waals surface area contributed by atoms with Crippen molar-refractivity contribution in [3.05, 3.63) is 77.7 Å². The van der Waals surface area contributed by atoms with Gasteiger partial charge in [0.25, 0.3) is 5.91 Å². The third-order valence-corrected chi connectivity index (χ3v) is 8.34. The maximum Gasteiger partial charge on any atom is 0.280 e. The van der Waals surface area contributed by atoms with Gasteiger partial charge in [0.15, 0.2) is 0 Å². The van der Waals surface area contributed by atoms with Gasteiger partial charge in [-0.15, -0.1) is 0 Å². The van der Waals surface area contributed by atoms with E-state index in [4.69, 9.17) is 4.42 Å². The lowest BCUT2D eigenvalue weighted by Gasteiger charge is -2.21. The molecule has 36 heavy (non-hydrogen) atoms. The molecule has 0 bridgehead atoms. The minimum atomic E-state index is -3.65. The summed E-state index contributed by atoms with van der Waals surface area (Å²) in [4.78, 5) is 18.3. The number of thiazole rings is 1. The molecule has 0 atom stereocenters. The smallest absolute Gasteiger partial charge is 0.280 e. The average molecular weight is 525 g/mol. The third-order valence-electron chi connectivity index (χ3n) is 5.43. The Kier molecular flexibility index (Phi) is 7.97. The number of sulfonamides is 1. The Labute approximate surface area is 214 Å². The number of amides is 1. The zero-order chi connectivity index (χ0) is 25.7. The molecule has 0 unspecified atom stereocenters. The van der Waals surface area contributed by atoms with Crippen LogP contribution in [0.15, 0.2) is 75.3 Å². The van der Waals surface area contributed by atoms with Gasteiger partial charge in [0.1, 0.15) is 5.76 Å². The Morgan fingerprint density at radius 1 is 1.08 bits per heavy atom. The Hall–Kier alpha value is -3.34. The van der Waals surface area contributed by atoms with Crippen molar-refractivity contribution in [2.45, 2.75) is 38.5 Å². The van der Waals surface area contributed by atoms with E-state index in [9.17, 15) is 13.2 Å². The fraction of sp³-hybridized carbons (Fsp3) is 0.269. The van der Waals surface area contributed by atoms with Crippen LogP contribution in [0.1, 0.15) is 48.4 Å². The van der Waals surface area contributed by atoms with Crippen LogP contribution in [0.25, 0.3) is 10.2 Å². The number of anilines is 1. The summed E-state index contributed by atoms with van der Waals surface area (Å²) in [6, 6.07) is 15.3. The number of aryl methyl sites for hydroxylation is 1. The molecule has 0 N–H and O–H groups in total. The minimum absolute atomic E-state index is 0.155. The van der Waals surface area contributed by atoms with Crippen LogP contribution in [0.4, 0.5) is 5.13 Å². The van der Waals surface area contributed by atoms with E-state index in [2.05, 4.69) is 10.1 Å². The van der Waals surface area contributed by atoms with Gasteiger partial charge >= 0.3 is 0 Å². The van der Waals surface area contributed by atoms with E-state index in [1.165, 1.54) is 57.4 Å². The number of carbonyl (C=O) groups excluding carboxylic acids is 1. The highest BCUT2D eigenvalue weighted by Gasteiger charge is 2.25.